The Hall–Kier alpha value is -1.91. The minimum absolute atomic E-state index is 0.0450. The van der Waals surface area contributed by atoms with Crippen LogP contribution >= 0.6 is 0 Å². The Morgan fingerprint density at radius 3 is 2.82 bits per heavy atom. The highest BCUT2D eigenvalue weighted by atomic mass is 16.1. The molecule has 0 spiro atoms. The van der Waals surface area contributed by atoms with Crippen LogP contribution in [-0.2, 0) is 6.54 Å². The molecule has 0 radical (unpaired) electrons. The molecular weight excluding hydrogens is 216 g/mol. The second-order valence-electron chi connectivity index (χ2n) is 3.96. The summed E-state index contributed by atoms with van der Waals surface area (Å²) in [5, 5.41) is 4.94. The monoisotopic (exact) mass is 232 g/mol. The largest absolute Gasteiger partial charge is 0.397 e. The molecule has 2 heterocycles. The number of anilines is 1. The van der Waals surface area contributed by atoms with Crippen LogP contribution < -0.4 is 5.73 Å². The van der Waals surface area contributed by atoms with Crippen molar-refractivity contribution in [3.8, 4) is 0 Å². The molecule has 0 aliphatic rings. The number of aromatic nitrogens is 3. The average molecular weight is 232 g/mol. The average Bonchev–Trinajstić information content (AvgIpc) is 2.73. The zero-order valence-corrected chi connectivity index (χ0v) is 10.1. The van der Waals surface area contributed by atoms with E-state index < -0.39 is 0 Å². The Bertz CT molecular complexity index is 559. The van der Waals surface area contributed by atoms with E-state index in [0.29, 0.717) is 17.7 Å². The number of Topliss-reactive ketones (excluding diaryl/α,β-unsaturated/α-hetero) is 1. The predicted octanol–water partition coefficient (Wildman–Crippen LogP) is 2.02. The maximum absolute atomic E-state index is 11.8. The number of fused-ring (bicyclic) bond motifs is 1. The van der Waals surface area contributed by atoms with Crippen molar-refractivity contribution in [3.05, 3.63) is 18.0 Å². The quantitative estimate of drug-likeness (QED) is 0.818. The van der Waals surface area contributed by atoms with E-state index in [1.54, 1.807) is 17.1 Å². The predicted molar refractivity (Wildman–Crippen MR) is 66.9 cm³/mol. The van der Waals surface area contributed by atoms with Crippen LogP contribution in [0.15, 0.2) is 12.4 Å². The number of aryl methyl sites for hydroxylation is 1. The van der Waals surface area contributed by atoms with Crippen LogP contribution in [0.1, 0.15) is 37.0 Å². The van der Waals surface area contributed by atoms with Crippen LogP contribution in [0.4, 0.5) is 5.69 Å². The molecule has 17 heavy (non-hydrogen) atoms. The second-order valence-corrected chi connectivity index (χ2v) is 3.96. The molecule has 5 heteroatoms. The van der Waals surface area contributed by atoms with Gasteiger partial charge in [-0.3, -0.25) is 4.79 Å². The Morgan fingerprint density at radius 2 is 2.18 bits per heavy atom. The van der Waals surface area contributed by atoms with Gasteiger partial charge >= 0.3 is 0 Å². The van der Waals surface area contributed by atoms with Crippen LogP contribution in [0.25, 0.3) is 11.0 Å². The molecule has 0 unspecified atom stereocenters. The first-order chi connectivity index (χ1) is 8.19. The van der Waals surface area contributed by atoms with E-state index in [0.717, 1.165) is 24.0 Å². The van der Waals surface area contributed by atoms with E-state index in [1.807, 2.05) is 13.8 Å². The van der Waals surface area contributed by atoms with E-state index in [2.05, 4.69) is 10.1 Å². The Balaban J connectivity index is 2.54. The van der Waals surface area contributed by atoms with Crippen LogP contribution in [-0.4, -0.2) is 20.5 Å². The van der Waals surface area contributed by atoms with Gasteiger partial charge in [-0.15, -0.1) is 0 Å². The van der Waals surface area contributed by atoms with Gasteiger partial charge < -0.3 is 5.73 Å². The maximum Gasteiger partial charge on any atom is 0.166 e. The van der Waals surface area contributed by atoms with Gasteiger partial charge in [-0.1, -0.05) is 6.92 Å². The summed E-state index contributed by atoms with van der Waals surface area (Å²) in [5.41, 5.74) is 7.74. The fourth-order valence-corrected chi connectivity index (χ4v) is 1.86. The maximum atomic E-state index is 11.8. The van der Waals surface area contributed by atoms with Crippen molar-refractivity contribution in [2.75, 3.05) is 5.73 Å². The highest BCUT2D eigenvalue weighted by Crippen LogP contribution is 2.23. The minimum Gasteiger partial charge on any atom is -0.397 e. The van der Waals surface area contributed by atoms with Gasteiger partial charge in [0.05, 0.1) is 22.8 Å². The minimum atomic E-state index is 0.0450. The summed E-state index contributed by atoms with van der Waals surface area (Å²) in [5.74, 6) is 0.0450. The molecule has 90 valence electrons. The van der Waals surface area contributed by atoms with Gasteiger partial charge in [0.1, 0.15) is 0 Å². The molecule has 2 N–H and O–H groups in total. The van der Waals surface area contributed by atoms with Gasteiger partial charge in [0.2, 0.25) is 0 Å². The molecule has 2 rings (SSSR count). The summed E-state index contributed by atoms with van der Waals surface area (Å²) >= 11 is 0. The van der Waals surface area contributed by atoms with Crippen molar-refractivity contribution >= 4 is 22.5 Å². The van der Waals surface area contributed by atoms with Crippen molar-refractivity contribution in [2.24, 2.45) is 0 Å². The van der Waals surface area contributed by atoms with Gasteiger partial charge in [-0.2, -0.15) is 5.10 Å². The smallest absolute Gasteiger partial charge is 0.166 e. The van der Waals surface area contributed by atoms with Crippen LogP contribution in [0.5, 0.6) is 0 Å². The fraction of sp³-hybridized carbons (Fsp3) is 0.417. The van der Waals surface area contributed by atoms with E-state index in [9.17, 15) is 4.79 Å². The summed E-state index contributed by atoms with van der Waals surface area (Å²) in [6, 6.07) is 0. The lowest BCUT2D eigenvalue weighted by molar-refractivity contribution is 0.0982. The summed E-state index contributed by atoms with van der Waals surface area (Å²) < 4.78 is 1.76. The van der Waals surface area contributed by atoms with Crippen molar-refractivity contribution < 1.29 is 4.79 Å². The molecule has 0 saturated heterocycles. The number of nitrogens with two attached hydrogens (primary N) is 1. The van der Waals surface area contributed by atoms with E-state index in [1.165, 1.54) is 0 Å². The Morgan fingerprint density at radius 1 is 1.41 bits per heavy atom. The lowest BCUT2D eigenvalue weighted by Crippen LogP contribution is -2.05. The summed E-state index contributed by atoms with van der Waals surface area (Å²) in [6.07, 6.45) is 4.54. The van der Waals surface area contributed by atoms with Gasteiger partial charge in [0, 0.05) is 19.2 Å². The standard InChI is InChI=1S/C12H16N4O/c1-3-5-10(17)8-6-14-12-9(11(8)13)7-15-16(12)4-2/h6-7H,3-5H2,1-2H3,(H2,13,14). The first kappa shape index (κ1) is 11.6. The summed E-state index contributed by atoms with van der Waals surface area (Å²) in [4.78, 5) is 16.1. The zero-order chi connectivity index (χ0) is 12.4. The van der Waals surface area contributed by atoms with Crippen LogP contribution in [0.3, 0.4) is 0 Å². The van der Waals surface area contributed by atoms with E-state index in [4.69, 9.17) is 5.73 Å². The molecular formula is C12H16N4O. The number of nitrogen functional groups attached to an aromatic ring is 1. The van der Waals surface area contributed by atoms with Crippen molar-refractivity contribution in [3.63, 3.8) is 0 Å². The highest BCUT2D eigenvalue weighted by molar-refractivity contribution is 6.06. The first-order valence-corrected chi connectivity index (χ1v) is 5.82. The molecule has 0 bridgehead atoms. The van der Waals surface area contributed by atoms with Crippen molar-refractivity contribution in [2.45, 2.75) is 33.2 Å². The van der Waals surface area contributed by atoms with Crippen LogP contribution in [0, 0.1) is 0 Å². The first-order valence-electron chi connectivity index (χ1n) is 5.82. The lowest BCUT2D eigenvalue weighted by atomic mass is 10.1. The number of rotatable bonds is 4. The number of hydrogen-bond acceptors (Lipinski definition) is 4. The zero-order valence-electron chi connectivity index (χ0n) is 10.1. The number of pyridine rings is 1. The Labute approximate surface area is 99.6 Å². The Kier molecular flexibility index (Phi) is 3.08. The molecule has 0 aliphatic heterocycles. The number of ketones is 1. The van der Waals surface area contributed by atoms with Crippen molar-refractivity contribution in [1.29, 1.82) is 0 Å². The normalized spacial score (nSPS) is 10.9. The van der Waals surface area contributed by atoms with E-state index in [-0.39, 0.29) is 5.78 Å². The molecule has 0 amide bonds. The topological polar surface area (TPSA) is 73.8 Å². The molecule has 2 aromatic heterocycles. The van der Waals surface area contributed by atoms with E-state index >= 15 is 0 Å². The third-order valence-electron chi connectivity index (χ3n) is 2.78. The highest BCUT2D eigenvalue weighted by Gasteiger charge is 2.14. The summed E-state index contributed by atoms with van der Waals surface area (Å²) in [7, 11) is 0. The van der Waals surface area contributed by atoms with Gasteiger partial charge in [0.15, 0.2) is 11.4 Å². The van der Waals surface area contributed by atoms with Crippen molar-refractivity contribution in [1.82, 2.24) is 14.8 Å². The third kappa shape index (κ3) is 1.88. The second kappa shape index (κ2) is 4.53. The summed E-state index contributed by atoms with van der Waals surface area (Å²) in [6.45, 7) is 4.69. The molecule has 5 nitrogen and oxygen atoms in total. The number of nitrogens with zero attached hydrogens (tertiary/aromatic N) is 3. The number of carbonyl (C=O) groups is 1. The lowest BCUT2D eigenvalue weighted by Gasteiger charge is -2.05. The third-order valence-corrected chi connectivity index (χ3v) is 2.78. The molecule has 0 atom stereocenters. The van der Waals surface area contributed by atoms with Gasteiger partial charge in [-0.05, 0) is 13.3 Å². The molecule has 0 aliphatic carbocycles. The molecule has 0 aromatic carbocycles. The number of carbonyl (C=O) groups excluding carboxylic acids is 1. The molecule has 2 aromatic rings. The SMILES string of the molecule is CCCC(=O)c1cnc2c(cnn2CC)c1N. The fourth-order valence-electron chi connectivity index (χ4n) is 1.86. The van der Waals surface area contributed by atoms with Gasteiger partial charge in [0.25, 0.3) is 0 Å². The number of hydrogen-bond donors (Lipinski definition) is 1. The molecule has 0 fully saturated rings. The van der Waals surface area contributed by atoms with Gasteiger partial charge in [-0.25, -0.2) is 9.67 Å². The van der Waals surface area contributed by atoms with Crippen LogP contribution in [0.2, 0.25) is 0 Å². The molecule has 0 saturated carbocycles.